The predicted octanol–water partition coefficient (Wildman–Crippen LogP) is -0.274. The molecule has 0 spiro atoms. The summed E-state index contributed by atoms with van der Waals surface area (Å²) in [5, 5.41) is 16.6. The Hall–Kier alpha value is -1.43. The molecule has 0 aromatic rings. The van der Waals surface area contributed by atoms with Gasteiger partial charge in [0.05, 0.1) is 6.42 Å². The van der Waals surface area contributed by atoms with Gasteiger partial charge in [0, 0.05) is 0 Å². The lowest BCUT2D eigenvalue weighted by Gasteiger charge is -2.19. The first-order chi connectivity index (χ1) is 5.30. The molecule has 0 aliphatic heterocycles. The minimum absolute atomic E-state index is 1.03. The normalized spacial score (nSPS) is 14.8. The Labute approximate surface area is 67.3 Å². The molecule has 5 nitrogen and oxygen atoms in total. The zero-order chi connectivity index (χ0) is 9.94. The molecular weight excluding hydrogens is 169 g/mol. The third kappa shape index (κ3) is 2.03. The van der Waals surface area contributed by atoms with E-state index in [1.54, 1.807) is 0 Å². The van der Waals surface area contributed by atoms with Crippen LogP contribution in [0.5, 0.6) is 0 Å². The minimum Gasteiger partial charge on any atom is -0.481 e. The van der Waals surface area contributed by atoms with Crippen LogP contribution in [0.3, 0.4) is 0 Å². The SMILES string of the molecule is C=C(F)[C@](N)(CC(=O)O)C(=O)O. The van der Waals surface area contributed by atoms with Gasteiger partial charge in [0.15, 0.2) is 5.54 Å². The maximum Gasteiger partial charge on any atom is 0.331 e. The van der Waals surface area contributed by atoms with Gasteiger partial charge in [0.1, 0.15) is 5.83 Å². The molecule has 0 amide bonds. The summed E-state index contributed by atoms with van der Waals surface area (Å²) < 4.78 is 12.4. The molecule has 0 saturated heterocycles. The lowest BCUT2D eigenvalue weighted by molar-refractivity contribution is -0.148. The van der Waals surface area contributed by atoms with E-state index in [2.05, 4.69) is 6.58 Å². The zero-order valence-electron chi connectivity index (χ0n) is 6.08. The van der Waals surface area contributed by atoms with Crippen LogP contribution in [0.1, 0.15) is 6.42 Å². The van der Waals surface area contributed by atoms with Gasteiger partial charge in [-0.3, -0.25) is 4.79 Å². The summed E-state index contributed by atoms with van der Waals surface area (Å²) in [6, 6.07) is 0. The smallest absolute Gasteiger partial charge is 0.331 e. The summed E-state index contributed by atoms with van der Waals surface area (Å²) in [5.74, 6) is -4.63. The topological polar surface area (TPSA) is 101 Å². The van der Waals surface area contributed by atoms with Crippen LogP contribution < -0.4 is 5.73 Å². The van der Waals surface area contributed by atoms with E-state index in [-0.39, 0.29) is 0 Å². The highest BCUT2D eigenvalue weighted by Crippen LogP contribution is 2.17. The number of hydrogen-bond donors (Lipinski definition) is 3. The molecule has 0 unspecified atom stereocenters. The molecule has 12 heavy (non-hydrogen) atoms. The molecule has 0 aromatic carbocycles. The average molecular weight is 177 g/mol. The monoisotopic (exact) mass is 177 g/mol. The highest BCUT2D eigenvalue weighted by atomic mass is 19.1. The maximum atomic E-state index is 12.4. The highest BCUT2D eigenvalue weighted by molar-refractivity contribution is 5.87. The molecule has 0 heterocycles. The largest absolute Gasteiger partial charge is 0.481 e. The van der Waals surface area contributed by atoms with Gasteiger partial charge in [-0.05, 0) is 0 Å². The third-order valence-electron chi connectivity index (χ3n) is 1.30. The summed E-state index contributed by atoms with van der Waals surface area (Å²) in [7, 11) is 0. The van der Waals surface area contributed by atoms with Crippen molar-refractivity contribution in [1.29, 1.82) is 0 Å². The fourth-order valence-corrected chi connectivity index (χ4v) is 0.526. The third-order valence-corrected chi connectivity index (χ3v) is 1.30. The molecule has 4 N–H and O–H groups in total. The van der Waals surface area contributed by atoms with E-state index in [1.807, 2.05) is 0 Å². The summed E-state index contributed by atoms with van der Waals surface area (Å²) >= 11 is 0. The van der Waals surface area contributed by atoms with Gasteiger partial charge in [-0.25, -0.2) is 9.18 Å². The second-order valence-electron chi connectivity index (χ2n) is 2.25. The van der Waals surface area contributed by atoms with Crippen molar-refractivity contribution in [3.05, 3.63) is 12.4 Å². The van der Waals surface area contributed by atoms with Crippen molar-refractivity contribution in [2.75, 3.05) is 0 Å². The van der Waals surface area contributed by atoms with Gasteiger partial charge in [0.2, 0.25) is 0 Å². The second kappa shape index (κ2) is 3.31. The molecule has 0 fully saturated rings. The average Bonchev–Trinajstić information content (AvgIpc) is 1.84. The van der Waals surface area contributed by atoms with Gasteiger partial charge in [-0.2, -0.15) is 0 Å². The number of carboxylic acids is 2. The maximum absolute atomic E-state index is 12.4. The zero-order valence-corrected chi connectivity index (χ0v) is 6.08. The second-order valence-corrected chi connectivity index (χ2v) is 2.25. The van der Waals surface area contributed by atoms with E-state index in [1.165, 1.54) is 0 Å². The van der Waals surface area contributed by atoms with Crippen molar-refractivity contribution in [2.24, 2.45) is 5.73 Å². The molecule has 1 atom stereocenters. The van der Waals surface area contributed by atoms with E-state index >= 15 is 0 Å². The van der Waals surface area contributed by atoms with Crippen LogP contribution in [0, 0.1) is 0 Å². The van der Waals surface area contributed by atoms with Crippen LogP contribution in [0.25, 0.3) is 0 Å². The Balaban J connectivity index is 4.75. The molecular formula is C6H8FNO4. The van der Waals surface area contributed by atoms with Gasteiger partial charge >= 0.3 is 11.9 Å². The standard InChI is InChI=1S/C6H8FNO4/c1-3(7)6(8,5(11)12)2-4(9)10/h1-2,8H2,(H,9,10)(H,11,12)/t6-/m1/s1. The number of carbonyl (C=O) groups is 2. The molecule has 6 heteroatoms. The Morgan fingerprint density at radius 3 is 2.00 bits per heavy atom. The number of nitrogens with two attached hydrogens (primary N) is 1. The van der Waals surface area contributed by atoms with Crippen LogP contribution >= 0.6 is 0 Å². The molecule has 0 aliphatic carbocycles. The highest BCUT2D eigenvalue weighted by Gasteiger charge is 2.40. The first-order valence-corrected chi connectivity index (χ1v) is 2.89. The van der Waals surface area contributed by atoms with E-state index in [9.17, 15) is 14.0 Å². The van der Waals surface area contributed by atoms with Crippen molar-refractivity contribution in [2.45, 2.75) is 12.0 Å². The van der Waals surface area contributed by atoms with E-state index in [4.69, 9.17) is 15.9 Å². The number of carboxylic acid groups (broad SMARTS) is 2. The van der Waals surface area contributed by atoms with Crippen molar-refractivity contribution in [1.82, 2.24) is 0 Å². The number of halogens is 1. The van der Waals surface area contributed by atoms with Crippen LogP contribution in [0.2, 0.25) is 0 Å². The van der Waals surface area contributed by atoms with Crippen molar-refractivity contribution in [3.8, 4) is 0 Å². The van der Waals surface area contributed by atoms with E-state index in [0.29, 0.717) is 0 Å². The predicted molar refractivity (Wildman–Crippen MR) is 37.1 cm³/mol. The first kappa shape index (κ1) is 10.6. The first-order valence-electron chi connectivity index (χ1n) is 2.89. The number of hydrogen-bond acceptors (Lipinski definition) is 3. The quantitative estimate of drug-likeness (QED) is 0.548. The Morgan fingerprint density at radius 1 is 1.50 bits per heavy atom. The molecule has 0 radical (unpaired) electrons. The Bertz CT molecular complexity index is 224. The fourth-order valence-electron chi connectivity index (χ4n) is 0.526. The van der Waals surface area contributed by atoms with Crippen molar-refractivity contribution in [3.63, 3.8) is 0 Å². The number of aliphatic carboxylic acids is 2. The molecule has 0 saturated carbocycles. The number of rotatable bonds is 4. The molecule has 0 aromatic heterocycles. The summed E-state index contributed by atoms with van der Waals surface area (Å²) in [6.45, 7) is 2.67. The molecule has 0 bridgehead atoms. The molecule has 0 aliphatic rings. The fraction of sp³-hybridized carbons (Fsp3) is 0.333. The van der Waals surface area contributed by atoms with Gasteiger partial charge in [-0.15, -0.1) is 0 Å². The van der Waals surface area contributed by atoms with Crippen LogP contribution in [0.4, 0.5) is 4.39 Å². The Morgan fingerprint density at radius 2 is 1.92 bits per heavy atom. The molecule has 0 rings (SSSR count). The summed E-state index contributed by atoms with van der Waals surface area (Å²) in [6.07, 6.45) is -1.03. The van der Waals surface area contributed by atoms with E-state index < -0.39 is 29.7 Å². The van der Waals surface area contributed by atoms with Gasteiger partial charge in [0.25, 0.3) is 0 Å². The lowest BCUT2D eigenvalue weighted by Crippen LogP contribution is -2.50. The summed E-state index contributed by atoms with van der Waals surface area (Å²) in [5.41, 5.74) is 2.41. The van der Waals surface area contributed by atoms with E-state index in [0.717, 1.165) is 0 Å². The summed E-state index contributed by atoms with van der Waals surface area (Å²) in [4.78, 5) is 20.4. The van der Waals surface area contributed by atoms with Crippen LogP contribution in [0.15, 0.2) is 12.4 Å². The van der Waals surface area contributed by atoms with Crippen LogP contribution in [-0.4, -0.2) is 27.7 Å². The van der Waals surface area contributed by atoms with Crippen molar-refractivity contribution < 1.29 is 24.2 Å². The van der Waals surface area contributed by atoms with Crippen molar-refractivity contribution >= 4 is 11.9 Å². The Kier molecular flexibility index (Phi) is 2.92. The minimum atomic E-state index is -2.52. The van der Waals surface area contributed by atoms with Crippen LogP contribution in [-0.2, 0) is 9.59 Å². The molecule has 68 valence electrons. The van der Waals surface area contributed by atoms with Gasteiger partial charge in [-0.1, -0.05) is 6.58 Å². The lowest BCUT2D eigenvalue weighted by atomic mass is 9.96. The van der Waals surface area contributed by atoms with Gasteiger partial charge < -0.3 is 15.9 Å².